The summed E-state index contributed by atoms with van der Waals surface area (Å²) in [6.07, 6.45) is 4.78. The monoisotopic (exact) mass is 348 g/mol. The van der Waals surface area contributed by atoms with Gasteiger partial charge in [-0.1, -0.05) is 102 Å². The lowest BCUT2D eigenvalue weighted by atomic mass is 9.79. The van der Waals surface area contributed by atoms with Gasteiger partial charge >= 0.3 is 0 Å². The predicted octanol–water partition coefficient (Wildman–Crippen LogP) is 4.70. The Morgan fingerprint density at radius 2 is 1.67 bits per heavy atom. The number of rotatable bonds is 9. The Kier molecular flexibility index (Phi) is 7.88. The number of benzene rings is 1. The number of aliphatic hydroxyl groups excluding tert-OH is 1. The third-order valence-corrected chi connectivity index (χ3v) is 8.46. The van der Waals surface area contributed by atoms with Gasteiger partial charge in [-0.05, 0) is 11.8 Å². The van der Waals surface area contributed by atoms with Crippen molar-refractivity contribution in [2.75, 3.05) is 0 Å². The van der Waals surface area contributed by atoms with Crippen LogP contribution in [0.25, 0.3) is 0 Å². The fraction of sp³-hybridized carbons (Fsp3) is 0.667. The minimum atomic E-state index is -2.25. The minimum absolute atomic E-state index is 0.247. The zero-order valence-electron chi connectivity index (χ0n) is 16.4. The molecule has 0 fully saturated rings. The van der Waals surface area contributed by atoms with Gasteiger partial charge in [-0.15, -0.1) is 0 Å². The maximum atomic E-state index is 13.4. The van der Waals surface area contributed by atoms with Crippen molar-refractivity contribution < 1.29 is 9.90 Å². The molecule has 0 aliphatic heterocycles. The molecule has 0 unspecified atom stereocenters. The van der Waals surface area contributed by atoms with Crippen LogP contribution in [0.5, 0.6) is 0 Å². The van der Waals surface area contributed by atoms with Gasteiger partial charge in [0.1, 0.15) is 5.41 Å². The molecule has 0 saturated carbocycles. The summed E-state index contributed by atoms with van der Waals surface area (Å²) in [5.41, 5.74) is -0.272. The third-order valence-electron chi connectivity index (χ3n) is 5.09. The number of hydrogen-bond acceptors (Lipinski definition) is 2. The molecule has 0 bridgehead atoms. The van der Waals surface area contributed by atoms with Gasteiger partial charge in [-0.25, -0.2) is 0 Å². The summed E-state index contributed by atoms with van der Waals surface area (Å²) >= 11 is 0. The second-order valence-corrected chi connectivity index (χ2v) is 12.9. The van der Waals surface area contributed by atoms with E-state index in [1.54, 1.807) is 0 Å². The normalized spacial score (nSPS) is 15.1. The topological polar surface area (TPSA) is 37.3 Å². The lowest BCUT2D eigenvalue weighted by Gasteiger charge is -2.36. The van der Waals surface area contributed by atoms with Crippen LogP contribution in [0.3, 0.4) is 0 Å². The van der Waals surface area contributed by atoms with Crippen LogP contribution in [0.2, 0.25) is 13.1 Å². The first kappa shape index (κ1) is 21.1. The summed E-state index contributed by atoms with van der Waals surface area (Å²) in [6, 6.07) is 10.1. The third kappa shape index (κ3) is 5.56. The second-order valence-electron chi connectivity index (χ2n) is 8.62. The Bertz CT molecular complexity index is 502. The van der Waals surface area contributed by atoms with E-state index >= 15 is 0 Å². The van der Waals surface area contributed by atoms with Gasteiger partial charge in [0, 0.05) is 5.92 Å². The van der Waals surface area contributed by atoms with Gasteiger partial charge < -0.3 is 9.90 Å². The molecule has 3 heteroatoms. The van der Waals surface area contributed by atoms with Gasteiger partial charge in [0.05, 0.1) is 6.10 Å². The van der Waals surface area contributed by atoms with Gasteiger partial charge in [0.2, 0.25) is 0 Å². The molecule has 2 nitrogen and oxygen atoms in total. The molecular weight excluding hydrogens is 312 g/mol. The highest BCUT2D eigenvalue weighted by atomic mass is 28.3. The van der Waals surface area contributed by atoms with Gasteiger partial charge in [0.15, 0.2) is 8.07 Å². The fourth-order valence-corrected chi connectivity index (χ4v) is 5.83. The number of aliphatic hydroxyl groups is 1. The molecule has 0 saturated heterocycles. The molecule has 1 aromatic rings. The Labute approximate surface area is 149 Å². The largest absolute Gasteiger partial charge is 0.392 e. The Morgan fingerprint density at radius 1 is 1.08 bits per heavy atom. The van der Waals surface area contributed by atoms with Gasteiger partial charge in [-0.3, -0.25) is 0 Å². The zero-order chi connectivity index (χ0) is 18.4. The first-order valence-electron chi connectivity index (χ1n) is 9.40. The summed E-state index contributed by atoms with van der Waals surface area (Å²) in [7, 11) is -2.25. The van der Waals surface area contributed by atoms with Gasteiger partial charge in [0.25, 0.3) is 0 Å². The maximum absolute atomic E-state index is 13.4. The SMILES string of the molecule is CCCCCC[C@H](C(=O)[Si](C)(C)c1ccccc1)[C@@H](O)C(C)(C)C. The lowest BCUT2D eigenvalue weighted by Crippen LogP contribution is -2.56. The molecule has 1 rings (SSSR count). The summed E-state index contributed by atoms with van der Waals surface area (Å²) in [4.78, 5) is 13.4. The van der Waals surface area contributed by atoms with Crippen LogP contribution in [0.1, 0.15) is 59.8 Å². The van der Waals surface area contributed by atoms with Crippen molar-refractivity contribution in [1.29, 1.82) is 0 Å². The highest BCUT2D eigenvalue weighted by Gasteiger charge is 2.42. The molecule has 0 aromatic heterocycles. The average Bonchev–Trinajstić information content (AvgIpc) is 2.54. The van der Waals surface area contributed by atoms with E-state index in [9.17, 15) is 9.90 Å². The quantitative estimate of drug-likeness (QED) is 0.518. The Morgan fingerprint density at radius 3 is 2.17 bits per heavy atom. The summed E-state index contributed by atoms with van der Waals surface area (Å²) in [6.45, 7) is 12.5. The van der Waals surface area contributed by atoms with Crippen LogP contribution in [0, 0.1) is 11.3 Å². The highest BCUT2D eigenvalue weighted by molar-refractivity contribution is 7.13. The summed E-state index contributed by atoms with van der Waals surface area (Å²) < 4.78 is 0. The van der Waals surface area contributed by atoms with Crippen molar-refractivity contribution in [3.05, 3.63) is 30.3 Å². The number of hydrogen-bond donors (Lipinski definition) is 1. The standard InChI is InChI=1S/C21H36O2Si/c1-7-8-9-13-16-18(19(22)21(2,3)4)20(23)24(5,6)17-14-11-10-12-15-17/h10-12,14-15,18-19,22H,7-9,13,16H2,1-6H3/t18-,19+/m0/s1. The predicted molar refractivity (Wildman–Crippen MR) is 106 cm³/mol. The van der Waals surface area contributed by atoms with Gasteiger partial charge in [-0.2, -0.15) is 0 Å². The van der Waals surface area contributed by atoms with E-state index in [0.29, 0.717) is 5.41 Å². The fourth-order valence-electron chi connectivity index (χ4n) is 3.29. The second kappa shape index (κ2) is 8.96. The molecule has 0 aliphatic rings. The number of carbonyl (C=O) groups excluding carboxylic acids is 1. The number of unbranched alkanes of at least 4 members (excludes halogenated alkanes) is 3. The molecule has 0 heterocycles. The van der Waals surface area contributed by atoms with E-state index in [0.717, 1.165) is 24.4 Å². The smallest absolute Gasteiger partial charge is 0.157 e. The molecule has 24 heavy (non-hydrogen) atoms. The average molecular weight is 349 g/mol. The Balaban J connectivity index is 3.01. The van der Waals surface area contributed by atoms with Crippen LogP contribution < -0.4 is 5.19 Å². The van der Waals surface area contributed by atoms with E-state index in [1.807, 2.05) is 39.0 Å². The lowest BCUT2D eigenvalue weighted by molar-refractivity contribution is -0.122. The first-order chi connectivity index (χ1) is 11.1. The summed E-state index contributed by atoms with van der Waals surface area (Å²) in [5.74, 6) is -0.247. The van der Waals surface area contributed by atoms with Crippen molar-refractivity contribution >= 4 is 18.7 Å². The van der Waals surface area contributed by atoms with Crippen LogP contribution in [0.4, 0.5) is 0 Å². The van der Waals surface area contributed by atoms with Crippen LogP contribution >= 0.6 is 0 Å². The van der Waals surface area contributed by atoms with Crippen LogP contribution in [-0.4, -0.2) is 24.7 Å². The first-order valence-corrected chi connectivity index (χ1v) is 12.4. The number of carbonyl (C=O) groups is 1. The molecule has 0 amide bonds. The van der Waals surface area contributed by atoms with Crippen molar-refractivity contribution in [3.63, 3.8) is 0 Å². The molecule has 1 N–H and O–H groups in total. The van der Waals surface area contributed by atoms with Crippen molar-refractivity contribution in [2.24, 2.45) is 11.3 Å². The van der Waals surface area contributed by atoms with Crippen molar-refractivity contribution in [2.45, 2.75) is 79.0 Å². The Hall–Kier alpha value is -0.933. The maximum Gasteiger partial charge on any atom is 0.157 e. The molecule has 2 atom stereocenters. The van der Waals surface area contributed by atoms with E-state index in [2.05, 4.69) is 32.2 Å². The van der Waals surface area contributed by atoms with E-state index in [-0.39, 0.29) is 11.3 Å². The molecule has 0 radical (unpaired) electrons. The van der Waals surface area contributed by atoms with Crippen molar-refractivity contribution in [1.82, 2.24) is 0 Å². The highest BCUT2D eigenvalue weighted by Crippen LogP contribution is 2.31. The van der Waals surface area contributed by atoms with E-state index < -0.39 is 14.2 Å². The van der Waals surface area contributed by atoms with Crippen LogP contribution in [0.15, 0.2) is 30.3 Å². The molecule has 0 aliphatic carbocycles. The minimum Gasteiger partial charge on any atom is -0.392 e. The molecule has 136 valence electrons. The van der Waals surface area contributed by atoms with Crippen molar-refractivity contribution in [3.8, 4) is 0 Å². The zero-order valence-corrected chi connectivity index (χ0v) is 17.4. The van der Waals surface area contributed by atoms with E-state index in [4.69, 9.17) is 0 Å². The molecule has 0 spiro atoms. The molecular formula is C21H36O2Si. The van der Waals surface area contributed by atoms with Crippen LogP contribution in [-0.2, 0) is 4.79 Å². The molecule has 1 aromatic carbocycles. The summed E-state index contributed by atoms with van der Waals surface area (Å²) in [5, 5.41) is 12.3. The van der Waals surface area contributed by atoms with E-state index in [1.165, 1.54) is 12.8 Å².